The van der Waals surface area contributed by atoms with E-state index in [0.29, 0.717) is 12.3 Å². The van der Waals surface area contributed by atoms with Crippen molar-refractivity contribution in [2.24, 2.45) is 5.92 Å². The first kappa shape index (κ1) is 22.1. The van der Waals surface area contributed by atoms with Gasteiger partial charge < -0.3 is 19.3 Å². The molecular weight excluding hydrogens is 392 g/mol. The van der Waals surface area contributed by atoms with Crippen LogP contribution in [0.2, 0.25) is 0 Å². The summed E-state index contributed by atoms with van der Waals surface area (Å²) < 4.78 is 11.4. The number of likely N-dealkylation sites (tertiary alicyclic amines) is 1. The summed E-state index contributed by atoms with van der Waals surface area (Å²) >= 11 is 0. The van der Waals surface area contributed by atoms with Crippen LogP contribution in [-0.4, -0.2) is 67.1 Å². The molecule has 1 aromatic carbocycles. The van der Waals surface area contributed by atoms with Crippen molar-refractivity contribution in [3.8, 4) is 5.75 Å². The highest BCUT2D eigenvalue weighted by Gasteiger charge is 2.38. The van der Waals surface area contributed by atoms with E-state index in [2.05, 4.69) is 11.0 Å². The van der Waals surface area contributed by atoms with Crippen LogP contribution < -0.4 is 4.74 Å². The highest BCUT2D eigenvalue weighted by atomic mass is 16.5. The van der Waals surface area contributed by atoms with Gasteiger partial charge in [-0.3, -0.25) is 9.59 Å². The summed E-state index contributed by atoms with van der Waals surface area (Å²) in [4.78, 5) is 30.2. The average Bonchev–Trinajstić information content (AvgIpc) is 2.80. The number of amides is 2. The van der Waals surface area contributed by atoms with E-state index < -0.39 is 0 Å². The Kier molecular flexibility index (Phi) is 7.49. The van der Waals surface area contributed by atoms with Crippen LogP contribution in [0.5, 0.6) is 5.75 Å². The maximum absolute atomic E-state index is 13.3. The molecule has 0 radical (unpaired) electrons. The highest BCUT2D eigenvalue weighted by Crippen LogP contribution is 2.30. The number of ether oxygens (including phenoxy) is 2. The number of carbonyl (C=O) groups is 2. The van der Waals surface area contributed by atoms with Gasteiger partial charge in [0.15, 0.2) is 6.61 Å². The fourth-order valence-electron chi connectivity index (χ4n) is 5.41. The van der Waals surface area contributed by atoms with E-state index in [1.54, 1.807) is 0 Å². The summed E-state index contributed by atoms with van der Waals surface area (Å²) in [5, 5.41) is 0. The van der Waals surface area contributed by atoms with Crippen molar-refractivity contribution in [2.45, 2.75) is 69.9 Å². The Morgan fingerprint density at radius 1 is 1.03 bits per heavy atom. The molecule has 170 valence electrons. The number of piperidine rings is 1. The Bertz CT molecular complexity index is 762. The number of nitrogens with zero attached hydrogens (tertiary/aromatic N) is 2. The third-order valence-corrected chi connectivity index (χ3v) is 7.28. The predicted molar refractivity (Wildman–Crippen MR) is 119 cm³/mol. The minimum atomic E-state index is -0.0101. The molecule has 0 saturated carbocycles. The third-order valence-electron chi connectivity index (χ3n) is 7.28. The molecule has 0 N–H and O–H groups in total. The van der Waals surface area contributed by atoms with E-state index >= 15 is 0 Å². The van der Waals surface area contributed by atoms with Crippen LogP contribution in [0.3, 0.4) is 0 Å². The summed E-state index contributed by atoms with van der Waals surface area (Å²) in [5.74, 6) is 1.50. The van der Waals surface area contributed by atoms with Crippen LogP contribution in [0.25, 0.3) is 0 Å². The molecular formula is C25H36N2O4. The van der Waals surface area contributed by atoms with Crippen molar-refractivity contribution in [1.82, 2.24) is 9.80 Å². The lowest BCUT2D eigenvalue weighted by Gasteiger charge is -2.45. The molecule has 4 rings (SSSR count). The van der Waals surface area contributed by atoms with Crippen LogP contribution in [-0.2, 0) is 20.7 Å². The molecule has 31 heavy (non-hydrogen) atoms. The number of fused-ring (bicyclic) bond motifs is 2. The van der Waals surface area contributed by atoms with E-state index in [-0.39, 0.29) is 30.5 Å². The summed E-state index contributed by atoms with van der Waals surface area (Å²) in [6.07, 6.45) is 8.44. The molecule has 2 amide bonds. The average molecular weight is 429 g/mol. The number of hydrogen-bond acceptors (Lipinski definition) is 4. The van der Waals surface area contributed by atoms with Gasteiger partial charge in [0.25, 0.3) is 5.91 Å². The molecule has 0 aromatic heterocycles. The topological polar surface area (TPSA) is 59.1 Å². The molecule has 3 heterocycles. The summed E-state index contributed by atoms with van der Waals surface area (Å²) in [5.41, 5.74) is 1.16. The number of aryl methyl sites for hydroxylation is 1. The van der Waals surface area contributed by atoms with Crippen molar-refractivity contribution in [1.29, 1.82) is 0 Å². The van der Waals surface area contributed by atoms with Crippen molar-refractivity contribution < 1.29 is 19.1 Å². The zero-order chi connectivity index (χ0) is 21.6. The monoisotopic (exact) mass is 428 g/mol. The molecule has 0 aliphatic carbocycles. The van der Waals surface area contributed by atoms with Gasteiger partial charge >= 0.3 is 0 Å². The molecule has 3 aliphatic heterocycles. The van der Waals surface area contributed by atoms with Crippen LogP contribution in [0, 0.1) is 5.92 Å². The largest absolute Gasteiger partial charge is 0.483 e. The number of carbonyl (C=O) groups excluding carboxylic acids is 2. The Morgan fingerprint density at radius 3 is 2.65 bits per heavy atom. The van der Waals surface area contributed by atoms with Gasteiger partial charge in [0.1, 0.15) is 5.75 Å². The van der Waals surface area contributed by atoms with Gasteiger partial charge in [-0.2, -0.15) is 0 Å². The van der Waals surface area contributed by atoms with Gasteiger partial charge in [-0.05, 0) is 62.5 Å². The smallest absolute Gasteiger partial charge is 0.260 e. The molecule has 6 nitrogen and oxygen atoms in total. The quantitative estimate of drug-likeness (QED) is 0.724. The molecule has 0 spiro atoms. The van der Waals surface area contributed by atoms with Gasteiger partial charge in [-0.15, -0.1) is 0 Å². The zero-order valence-corrected chi connectivity index (χ0v) is 18.8. The Morgan fingerprint density at radius 2 is 1.81 bits per heavy atom. The van der Waals surface area contributed by atoms with Crippen molar-refractivity contribution in [3.05, 3.63) is 29.8 Å². The fourth-order valence-corrected chi connectivity index (χ4v) is 5.41. The number of benzene rings is 1. The summed E-state index contributed by atoms with van der Waals surface area (Å²) in [6.45, 7) is 2.39. The van der Waals surface area contributed by atoms with Gasteiger partial charge in [0, 0.05) is 33.2 Å². The van der Waals surface area contributed by atoms with Gasteiger partial charge in [-0.1, -0.05) is 24.6 Å². The molecule has 3 aliphatic rings. The Labute approximate surface area is 185 Å². The van der Waals surface area contributed by atoms with Crippen LogP contribution in [0.15, 0.2) is 24.3 Å². The standard InChI is InChI=1S/C25H36N2O4/c1-26-21-10-6-14-27(24(28)17-19-12-15-30-16-13-19)22(21)9-4-2-7-20-8-3-5-11-23(20)31-18-25(26)29/h3,5,8,11,19,21-22H,2,4,6-7,9-10,12-18H2,1H3/t21-,22-/m1/s1. The second kappa shape index (κ2) is 10.5. The third kappa shape index (κ3) is 5.40. The summed E-state index contributed by atoms with van der Waals surface area (Å²) in [6, 6.07) is 8.19. The van der Waals surface area contributed by atoms with E-state index in [1.165, 1.54) is 0 Å². The molecule has 2 saturated heterocycles. The first-order chi connectivity index (χ1) is 15.1. The van der Waals surface area contributed by atoms with Crippen LogP contribution in [0.4, 0.5) is 0 Å². The zero-order valence-electron chi connectivity index (χ0n) is 18.8. The fraction of sp³-hybridized carbons (Fsp3) is 0.680. The van der Waals surface area contributed by atoms with E-state index in [0.717, 1.165) is 82.4 Å². The van der Waals surface area contributed by atoms with E-state index in [9.17, 15) is 9.59 Å². The maximum atomic E-state index is 13.3. The Balaban J connectivity index is 1.49. The van der Waals surface area contributed by atoms with Crippen LogP contribution >= 0.6 is 0 Å². The first-order valence-electron chi connectivity index (χ1n) is 12.0. The normalized spacial score (nSPS) is 26.2. The van der Waals surface area contributed by atoms with E-state index in [1.807, 2.05) is 30.1 Å². The molecule has 0 bridgehead atoms. The van der Waals surface area contributed by atoms with Gasteiger partial charge in [0.2, 0.25) is 5.91 Å². The van der Waals surface area contributed by atoms with Gasteiger partial charge in [-0.25, -0.2) is 0 Å². The SMILES string of the molecule is CN1C(=O)COc2ccccc2CCCC[C@@H]2[C@H]1CCCN2C(=O)CC1CCOCC1. The molecule has 6 heteroatoms. The number of para-hydroxylation sites is 1. The number of likely N-dealkylation sites (N-methyl/N-ethyl adjacent to an activating group) is 1. The minimum absolute atomic E-state index is 0.0101. The van der Waals surface area contributed by atoms with E-state index in [4.69, 9.17) is 9.47 Å². The lowest BCUT2D eigenvalue weighted by atomic mass is 9.88. The molecule has 2 atom stereocenters. The maximum Gasteiger partial charge on any atom is 0.260 e. The van der Waals surface area contributed by atoms with Gasteiger partial charge in [0.05, 0.1) is 12.1 Å². The number of hydrogen-bond donors (Lipinski definition) is 0. The van der Waals surface area contributed by atoms with Crippen LogP contribution in [0.1, 0.15) is 56.9 Å². The summed E-state index contributed by atoms with van der Waals surface area (Å²) in [7, 11) is 1.88. The number of rotatable bonds is 2. The van der Waals surface area contributed by atoms with Crippen molar-refractivity contribution in [2.75, 3.05) is 33.4 Å². The predicted octanol–water partition coefficient (Wildman–Crippen LogP) is 3.43. The lowest BCUT2D eigenvalue weighted by molar-refractivity contribution is -0.145. The second-order valence-corrected chi connectivity index (χ2v) is 9.27. The minimum Gasteiger partial charge on any atom is -0.483 e. The Hall–Kier alpha value is -2.08. The first-order valence-corrected chi connectivity index (χ1v) is 12.0. The lowest BCUT2D eigenvalue weighted by Crippen LogP contribution is -2.58. The van der Waals surface area contributed by atoms with Crippen molar-refractivity contribution >= 4 is 11.8 Å². The second-order valence-electron chi connectivity index (χ2n) is 9.27. The molecule has 1 aromatic rings. The highest BCUT2D eigenvalue weighted by molar-refractivity contribution is 5.79. The van der Waals surface area contributed by atoms with Crippen molar-refractivity contribution in [3.63, 3.8) is 0 Å². The molecule has 0 unspecified atom stereocenters. The molecule has 2 fully saturated rings.